The molecule has 100 valence electrons. The van der Waals surface area contributed by atoms with Crippen LogP contribution in [0.25, 0.3) is 0 Å². The molecule has 0 radical (unpaired) electrons. The van der Waals surface area contributed by atoms with Gasteiger partial charge in [0, 0.05) is 6.61 Å². The lowest BCUT2D eigenvalue weighted by Gasteiger charge is -1.95. The van der Waals surface area contributed by atoms with Crippen molar-refractivity contribution in [2.45, 2.75) is 71.1 Å². The Hall–Kier alpha value is -0.560. The quantitative estimate of drug-likeness (QED) is 0.374. The van der Waals surface area contributed by atoms with Gasteiger partial charge in [-0.25, -0.2) is 0 Å². The summed E-state index contributed by atoms with van der Waals surface area (Å²) in [6.45, 7) is 2.59. The van der Waals surface area contributed by atoms with Crippen molar-refractivity contribution in [1.29, 1.82) is 0 Å². The molecule has 17 heavy (non-hydrogen) atoms. The number of aliphatic hydroxyl groups excluding tert-OH is 1. The Morgan fingerprint density at radius 1 is 0.706 bits per heavy atom. The summed E-state index contributed by atoms with van der Waals surface area (Å²) >= 11 is 0. The van der Waals surface area contributed by atoms with Gasteiger partial charge in [-0.15, -0.1) is 0 Å². The first-order valence-corrected chi connectivity index (χ1v) is 7.32. The fourth-order valence-electron chi connectivity index (χ4n) is 1.75. The molecule has 0 aromatic heterocycles. The molecule has 0 fully saturated rings. The minimum absolute atomic E-state index is 0.346. The molecule has 0 spiro atoms. The van der Waals surface area contributed by atoms with Crippen LogP contribution in [0.1, 0.15) is 71.1 Å². The summed E-state index contributed by atoms with van der Waals surface area (Å²) in [5.74, 6) is 0. The first kappa shape index (κ1) is 16.4. The first-order valence-electron chi connectivity index (χ1n) is 7.32. The number of hydrogen-bond donors (Lipinski definition) is 1. The van der Waals surface area contributed by atoms with Crippen molar-refractivity contribution in [3.05, 3.63) is 24.3 Å². The van der Waals surface area contributed by atoms with Crippen LogP contribution in [0.2, 0.25) is 0 Å². The summed E-state index contributed by atoms with van der Waals surface area (Å²) < 4.78 is 0. The highest BCUT2D eigenvalue weighted by atomic mass is 16.2. The fraction of sp³-hybridized carbons (Fsp3) is 0.750. The van der Waals surface area contributed by atoms with Crippen molar-refractivity contribution in [2.75, 3.05) is 6.61 Å². The summed E-state index contributed by atoms with van der Waals surface area (Å²) in [5.41, 5.74) is 0. The predicted octanol–water partition coefficient (Wildman–Crippen LogP) is 5.01. The van der Waals surface area contributed by atoms with E-state index in [1.165, 1.54) is 51.4 Å². The van der Waals surface area contributed by atoms with Crippen LogP contribution in [0.3, 0.4) is 0 Å². The summed E-state index contributed by atoms with van der Waals surface area (Å²) in [5, 5.41) is 8.62. The highest BCUT2D eigenvalue weighted by Crippen LogP contribution is 2.04. The Labute approximate surface area is 108 Å². The van der Waals surface area contributed by atoms with Crippen LogP contribution >= 0.6 is 0 Å². The molecule has 0 bridgehead atoms. The highest BCUT2D eigenvalue weighted by Gasteiger charge is 1.86. The Balaban J connectivity index is 3.13. The van der Waals surface area contributed by atoms with Crippen LogP contribution in [-0.2, 0) is 0 Å². The Kier molecular flexibility index (Phi) is 14.9. The zero-order valence-electron chi connectivity index (χ0n) is 11.5. The summed E-state index contributed by atoms with van der Waals surface area (Å²) in [4.78, 5) is 0. The van der Waals surface area contributed by atoms with E-state index in [-0.39, 0.29) is 0 Å². The first-order chi connectivity index (χ1) is 8.41. The zero-order valence-corrected chi connectivity index (χ0v) is 11.5. The van der Waals surface area contributed by atoms with E-state index in [1.807, 2.05) is 0 Å². The third kappa shape index (κ3) is 15.4. The van der Waals surface area contributed by atoms with Gasteiger partial charge in [0.2, 0.25) is 0 Å². The Morgan fingerprint density at radius 2 is 1.29 bits per heavy atom. The lowest BCUT2D eigenvalue weighted by atomic mass is 10.1. The van der Waals surface area contributed by atoms with Gasteiger partial charge >= 0.3 is 0 Å². The average Bonchev–Trinajstić information content (AvgIpc) is 2.35. The monoisotopic (exact) mass is 238 g/mol. The fourth-order valence-corrected chi connectivity index (χ4v) is 1.75. The molecular weight excluding hydrogens is 208 g/mol. The van der Waals surface area contributed by atoms with Crippen LogP contribution in [-0.4, -0.2) is 11.7 Å². The average molecular weight is 238 g/mol. The molecule has 0 aliphatic rings. The molecule has 0 heterocycles. The maximum Gasteiger partial charge on any atom is 0.0431 e. The number of allylic oxidation sites excluding steroid dienone is 4. The van der Waals surface area contributed by atoms with E-state index in [1.54, 1.807) is 0 Å². The van der Waals surface area contributed by atoms with E-state index in [0.29, 0.717) is 6.61 Å². The van der Waals surface area contributed by atoms with E-state index in [9.17, 15) is 0 Å². The Morgan fingerprint density at radius 3 is 1.88 bits per heavy atom. The van der Waals surface area contributed by atoms with Gasteiger partial charge in [0.25, 0.3) is 0 Å². The predicted molar refractivity (Wildman–Crippen MR) is 77.2 cm³/mol. The van der Waals surface area contributed by atoms with Crippen molar-refractivity contribution in [3.63, 3.8) is 0 Å². The van der Waals surface area contributed by atoms with Crippen LogP contribution < -0.4 is 0 Å². The van der Waals surface area contributed by atoms with Gasteiger partial charge in [-0.2, -0.15) is 0 Å². The summed E-state index contributed by atoms with van der Waals surface area (Å²) in [6.07, 6.45) is 21.3. The maximum absolute atomic E-state index is 8.62. The van der Waals surface area contributed by atoms with Crippen molar-refractivity contribution < 1.29 is 5.11 Å². The van der Waals surface area contributed by atoms with Gasteiger partial charge < -0.3 is 5.11 Å². The molecule has 0 unspecified atom stereocenters. The minimum atomic E-state index is 0.346. The lowest BCUT2D eigenvalue weighted by Crippen LogP contribution is -1.82. The summed E-state index contributed by atoms with van der Waals surface area (Å²) in [6, 6.07) is 0. The third-order valence-corrected chi connectivity index (χ3v) is 2.86. The van der Waals surface area contributed by atoms with Gasteiger partial charge in [-0.1, -0.05) is 56.9 Å². The smallest absolute Gasteiger partial charge is 0.0431 e. The van der Waals surface area contributed by atoms with Crippen molar-refractivity contribution in [1.82, 2.24) is 0 Å². The maximum atomic E-state index is 8.62. The molecule has 1 N–H and O–H groups in total. The number of unbranched alkanes of at least 4 members (excludes halogenated alkanes) is 7. The molecular formula is C16H30O. The Bertz CT molecular complexity index is 182. The van der Waals surface area contributed by atoms with Crippen LogP contribution in [0.15, 0.2) is 24.3 Å². The van der Waals surface area contributed by atoms with Crippen molar-refractivity contribution in [3.8, 4) is 0 Å². The second-order valence-corrected chi connectivity index (χ2v) is 4.60. The zero-order chi connectivity index (χ0) is 12.6. The van der Waals surface area contributed by atoms with E-state index in [2.05, 4.69) is 31.2 Å². The SMILES string of the molecule is CCCCCC=CCC=CCCCCCCO. The van der Waals surface area contributed by atoms with Crippen LogP contribution in [0, 0.1) is 0 Å². The van der Waals surface area contributed by atoms with Gasteiger partial charge in [0.15, 0.2) is 0 Å². The van der Waals surface area contributed by atoms with Gasteiger partial charge in [-0.3, -0.25) is 0 Å². The molecule has 0 rings (SSSR count). The molecule has 0 amide bonds. The number of aliphatic hydroxyl groups is 1. The molecule has 1 heteroatoms. The van der Waals surface area contributed by atoms with E-state index >= 15 is 0 Å². The number of hydrogen-bond acceptors (Lipinski definition) is 1. The van der Waals surface area contributed by atoms with Crippen molar-refractivity contribution in [2.24, 2.45) is 0 Å². The molecule has 0 aliphatic carbocycles. The van der Waals surface area contributed by atoms with E-state index < -0.39 is 0 Å². The lowest BCUT2D eigenvalue weighted by molar-refractivity contribution is 0.282. The molecule has 0 aliphatic heterocycles. The van der Waals surface area contributed by atoms with Crippen LogP contribution in [0.4, 0.5) is 0 Å². The third-order valence-electron chi connectivity index (χ3n) is 2.86. The molecule has 0 saturated carbocycles. The highest BCUT2D eigenvalue weighted by molar-refractivity contribution is 4.92. The molecule has 0 saturated heterocycles. The molecule has 1 nitrogen and oxygen atoms in total. The topological polar surface area (TPSA) is 20.2 Å². The van der Waals surface area contributed by atoms with Crippen molar-refractivity contribution >= 4 is 0 Å². The summed E-state index contributed by atoms with van der Waals surface area (Å²) in [7, 11) is 0. The molecule has 0 aromatic rings. The van der Waals surface area contributed by atoms with E-state index in [0.717, 1.165) is 12.8 Å². The van der Waals surface area contributed by atoms with Crippen LogP contribution in [0.5, 0.6) is 0 Å². The normalized spacial score (nSPS) is 11.9. The van der Waals surface area contributed by atoms with E-state index in [4.69, 9.17) is 5.11 Å². The number of rotatable bonds is 12. The van der Waals surface area contributed by atoms with Gasteiger partial charge in [0.05, 0.1) is 0 Å². The molecule has 0 aromatic carbocycles. The molecule has 0 atom stereocenters. The van der Waals surface area contributed by atoms with Gasteiger partial charge in [-0.05, 0) is 38.5 Å². The second-order valence-electron chi connectivity index (χ2n) is 4.60. The second kappa shape index (κ2) is 15.4. The van der Waals surface area contributed by atoms with Gasteiger partial charge in [0.1, 0.15) is 0 Å². The minimum Gasteiger partial charge on any atom is -0.396 e. The largest absolute Gasteiger partial charge is 0.396 e. The standard InChI is InChI=1S/C16H30O/c1-2-3-4-5-6-7-8-9-10-11-12-13-14-15-16-17/h6-7,9-10,17H,2-5,8,11-16H2,1H3.